The number of carbonyl (C=O) groups excluding carboxylic acids is 1. The van der Waals surface area contributed by atoms with Gasteiger partial charge in [0.05, 0.1) is 10.6 Å². The molecule has 2 rings (SSSR count). The molecule has 1 aromatic rings. The molecule has 1 N–H and O–H groups in total. The molecule has 1 saturated carbocycles. The molecular weight excluding hydrogens is 345 g/mol. The highest BCUT2D eigenvalue weighted by Gasteiger charge is 2.34. The number of rotatable bonds is 3. The number of benzene rings is 1. The second kappa shape index (κ2) is 6.44. The van der Waals surface area contributed by atoms with Gasteiger partial charge in [-0.15, -0.1) is 0 Å². The minimum atomic E-state index is -0.565. The van der Waals surface area contributed by atoms with Crippen molar-refractivity contribution in [3.63, 3.8) is 0 Å². The maximum Gasteiger partial charge on any atom is 0.251 e. The zero-order valence-electron chi connectivity index (χ0n) is 11.4. The van der Waals surface area contributed by atoms with Crippen molar-refractivity contribution < 1.29 is 9.18 Å². The average molecular weight is 363 g/mol. The average Bonchev–Trinajstić information content (AvgIpc) is 2.44. The van der Waals surface area contributed by atoms with Crippen molar-refractivity contribution in [3.05, 3.63) is 34.6 Å². The predicted molar refractivity (Wildman–Crippen MR) is 83.0 cm³/mol. The van der Waals surface area contributed by atoms with Crippen LogP contribution in [0.25, 0.3) is 0 Å². The lowest BCUT2D eigenvalue weighted by Crippen LogP contribution is -2.52. The van der Waals surface area contributed by atoms with Crippen LogP contribution in [0.15, 0.2) is 18.2 Å². The van der Waals surface area contributed by atoms with Gasteiger partial charge in [-0.2, -0.15) is 0 Å². The quantitative estimate of drug-likeness (QED) is 0.785. The van der Waals surface area contributed by atoms with Gasteiger partial charge in [-0.1, -0.05) is 34.5 Å². The monoisotopic (exact) mass is 361 g/mol. The van der Waals surface area contributed by atoms with Gasteiger partial charge in [0.2, 0.25) is 0 Å². The molecular formula is C15H18BrClFNO. The molecule has 0 bridgehead atoms. The van der Waals surface area contributed by atoms with E-state index in [1.165, 1.54) is 12.1 Å². The van der Waals surface area contributed by atoms with Crippen molar-refractivity contribution in [1.29, 1.82) is 0 Å². The Morgan fingerprint density at radius 3 is 2.70 bits per heavy atom. The van der Waals surface area contributed by atoms with Crippen LogP contribution in [0.1, 0.15) is 43.0 Å². The molecule has 0 unspecified atom stereocenters. The summed E-state index contributed by atoms with van der Waals surface area (Å²) in [5.41, 5.74) is 0.0885. The third-order valence-corrected chi connectivity index (χ3v) is 5.43. The predicted octanol–water partition coefficient (Wildman–Crippen LogP) is 4.55. The van der Waals surface area contributed by atoms with Gasteiger partial charge in [0, 0.05) is 10.9 Å². The lowest BCUT2D eigenvalue weighted by molar-refractivity contribution is 0.0874. The lowest BCUT2D eigenvalue weighted by atomic mass is 9.78. The van der Waals surface area contributed by atoms with E-state index in [1.54, 1.807) is 6.07 Å². The number of halogens is 3. The first kappa shape index (κ1) is 15.8. The van der Waals surface area contributed by atoms with Gasteiger partial charge in [-0.3, -0.25) is 4.79 Å². The first-order valence-corrected chi connectivity index (χ1v) is 8.29. The summed E-state index contributed by atoms with van der Waals surface area (Å²) in [7, 11) is 0. The Labute approximate surface area is 132 Å². The minimum Gasteiger partial charge on any atom is -0.346 e. The van der Waals surface area contributed by atoms with Crippen molar-refractivity contribution in [2.45, 2.75) is 38.1 Å². The van der Waals surface area contributed by atoms with Crippen molar-refractivity contribution in [3.8, 4) is 0 Å². The van der Waals surface area contributed by atoms with Crippen molar-refractivity contribution in [2.24, 2.45) is 5.92 Å². The van der Waals surface area contributed by atoms with E-state index >= 15 is 0 Å². The van der Waals surface area contributed by atoms with Crippen LogP contribution in [-0.4, -0.2) is 16.8 Å². The highest BCUT2D eigenvalue weighted by molar-refractivity contribution is 9.09. The SMILES string of the molecule is CC1CCC(CBr)(NC(=O)c2ccc(Cl)c(F)c2)CC1. The van der Waals surface area contributed by atoms with E-state index < -0.39 is 5.82 Å². The zero-order valence-corrected chi connectivity index (χ0v) is 13.7. The molecule has 1 aliphatic carbocycles. The van der Waals surface area contributed by atoms with Gasteiger partial charge in [0.1, 0.15) is 5.82 Å². The van der Waals surface area contributed by atoms with Gasteiger partial charge >= 0.3 is 0 Å². The van der Waals surface area contributed by atoms with Gasteiger partial charge in [-0.25, -0.2) is 4.39 Å². The maximum atomic E-state index is 13.4. The van der Waals surface area contributed by atoms with E-state index in [0.29, 0.717) is 16.8 Å². The molecule has 0 atom stereocenters. The summed E-state index contributed by atoms with van der Waals surface area (Å²) in [5.74, 6) is -0.105. The summed E-state index contributed by atoms with van der Waals surface area (Å²) in [5, 5.41) is 3.82. The van der Waals surface area contributed by atoms with Crippen LogP contribution >= 0.6 is 27.5 Å². The third-order valence-electron chi connectivity index (χ3n) is 4.05. The minimum absolute atomic E-state index is 0.0308. The second-order valence-electron chi connectivity index (χ2n) is 5.68. The highest BCUT2D eigenvalue weighted by Crippen LogP contribution is 2.33. The molecule has 1 aliphatic rings. The Balaban J connectivity index is 2.11. The summed E-state index contributed by atoms with van der Waals surface area (Å²) in [6, 6.07) is 4.15. The molecule has 0 aliphatic heterocycles. The smallest absolute Gasteiger partial charge is 0.251 e. The Kier molecular flexibility index (Phi) is 5.08. The van der Waals surface area contributed by atoms with Crippen LogP contribution in [0.2, 0.25) is 5.02 Å². The molecule has 1 fully saturated rings. The molecule has 0 spiro atoms. The fourth-order valence-electron chi connectivity index (χ4n) is 2.56. The van der Waals surface area contributed by atoms with E-state index in [4.69, 9.17) is 11.6 Å². The van der Waals surface area contributed by atoms with Crippen LogP contribution in [0.3, 0.4) is 0 Å². The Morgan fingerprint density at radius 1 is 1.50 bits per heavy atom. The topological polar surface area (TPSA) is 29.1 Å². The first-order valence-electron chi connectivity index (χ1n) is 6.79. The fraction of sp³-hybridized carbons (Fsp3) is 0.533. The second-order valence-corrected chi connectivity index (χ2v) is 6.65. The number of hydrogen-bond donors (Lipinski definition) is 1. The molecule has 5 heteroatoms. The summed E-state index contributed by atoms with van der Waals surface area (Å²) in [4.78, 5) is 12.3. The summed E-state index contributed by atoms with van der Waals surface area (Å²) in [6.07, 6.45) is 4.09. The molecule has 110 valence electrons. The van der Waals surface area contributed by atoms with Crippen LogP contribution in [0.4, 0.5) is 4.39 Å². The molecule has 0 heterocycles. The van der Waals surface area contributed by atoms with E-state index in [-0.39, 0.29) is 16.5 Å². The Hall–Kier alpha value is -0.610. The number of hydrogen-bond acceptors (Lipinski definition) is 1. The number of amides is 1. The van der Waals surface area contributed by atoms with Gasteiger partial charge in [0.25, 0.3) is 5.91 Å². The van der Waals surface area contributed by atoms with E-state index in [2.05, 4.69) is 28.2 Å². The number of carbonyl (C=O) groups is 1. The molecule has 1 aromatic carbocycles. The van der Waals surface area contributed by atoms with Crippen LogP contribution in [0.5, 0.6) is 0 Å². The van der Waals surface area contributed by atoms with Crippen molar-refractivity contribution >= 4 is 33.4 Å². The zero-order chi connectivity index (χ0) is 14.8. The lowest BCUT2D eigenvalue weighted by Gasteiger charge is -2.39. The van der Waals surface area contributed by atoms with E-state index in [9.17, 15) is 9.18 Å². The number of alkyl halides is 1. The third kappa shape index (κ3) is 3.53. The summed E-state index contributed by atoms with van der Waals surface area (Å²) >= 11 is 9.14. The van der Waals surface area contributed by atoms with E-state index in [1.807, 2.05) is 0 Å². The van der Waals surface area contributed by atoms with E-state index in [0.717, 1.165) is 25.7 Å². The standard InChI is InChI=1S/C15H18BrClFNO/c1-10-4-6-15(9-16,7-5-10)19-14(20)11-2-3-12(17)13(18)8-11/h2-3,8,10H,4-7,9H2,1H3,(H,19,20). The summed E-state index contributed by atoms with van der Waals surface area (Å²) < 4.78 is 13.4. The largest absolute Gasteiger partial charge is 0.346 e. The highest BCUT2D eigenvalue weighted by atomic mass is 79.9. The molecule has 2 nitrogen and oxygen atoms in total. The first-order chi connectivity index (χ1) is 9.46. The molecule has 0 saturated heterocycles. The van der Waals surface area contributed by atoms with Crippen molar-refractivity contribution in [1.82, 2.24) is 5.32 Å². The van der Waals surface area contributed by atoms with Crippen LogP contribution < -0.4 is 5.32 Å². The fourth-order valence-corrected chi connectivity index (χ4v) is 3.38. The molecule has 1 amide bonds. The van der Waals surface area contributed by atoms with Crippen molar-refractivity contribution in [2.75, 3.05) is 5.33 Å². The summed E-state index contributed by atoms with van der Waals surface area (Å²) in [6.45, 7) is 2.23. The Morgan fingerprint density at radius 2 is 2.15 bits per heavy atom. The molecule has 20 heavy (non-hydrogen) atoms. The molecule has 0 aromatic heterocycles. The Bertz CT molecular complexity index is 501. The number of nitrogens with one attached hydrogen (secondary N) is 1. The maximum absolute atomic E-state index is 13.4. The molecule has 0 radical (unpaired) electrons. The van der Waals surface area contributed by atoms with Gasteiger partial charge in [-0.05, 0) is 49.8 Å². The van der Waals surface area contributed by atoms with Gasteiger partial charge in [0.15, 0.2) is 0 Å². The van der Waals surface area contributed by atoms with Crippen LogP contribution in [-0.2, 0) is 0 Å². The van der Waals surface area contributed by atoms with Gasteiger partial charge < -0.3 is 5.32 Å². The van der Waals surface area contributed by atoms with Crippen LogP contribution in [0, 0.1) is 11.7 Å². The normalized spacial score (nSPS) is 26.3.